The fourth-order valence-electron chi connectivity index (χ4n) is 4.98. The molecule has 1 saturated heterocycles. The van der Waals surface area contributed by atoms with E-state index in [1.54, 1.807) is 31.5 Å². The molecule has 1 aliphatic carbocycles. The normalized spacial score (nSPS) is 18.7. The molecule has 4 aromatic heterocycles. The maximum atomic E-state index is 13.1. The van der Waals surface area contributed by atoms with Crippen LogP contribution in [0.25, 0.3) is 27.3 Å². The summed E-state index contributed by atoms with van der Waals surface area (Å²) in [6.45, 7) is 10.3. The van der Waals surface area contributed by atoms with Gasteiger partial charge < -0.3 is 14.8 Å². The zero-order valence-electron chi connectivity index (χ0n) is 20.8. The number of imidazole rings is 1. The number of rotatable bonds is 6. The standard InChI is InChI=1S/C25H24N10O3/c1-14(34-13-29-21-20(34)23(37)35(12-26-2)25(38)32(21)3)22(36)31-19-6-4-5-18(30-19)17-8-27-24(28-9-17)33-10-15-7-16(15)11-33/h4-6,8-9,13-16H,7,10-12H2,1,3H3,(H,30,31,36)/t14-,15?,16?/m0/s1. The molecule has 0 radical (unpaired) electrons. The largest absolute Gasteiger partial charge is 0.340 e. The summed E-state index contributed by atoms with van der Waals surface area (Å²) in [4.78, 5) is 61.7. The van der Waals surface area contributed by atoms with Gasteiger partial charge in [-0.05, 0) is 37.3 Å². The van der Waals surface area contributed by atoms with Crippen LogP contribution < -0.4 is 21.5 Å². The molecule has 2 unspecified atom stereocenters. The van der Waals surface area contributed by atoms with Crippen molar-refractivity contribution in [2.45, 2.75) is 26.1 Å². The Bertz CT molecular complexity index is 1720. The van der Waals surface area contributed by atoms with Crippen molar-refractivity contribution in [1.29, 1.82) is 0 Å². The van der Waals surface area contributed by atoms with Crippen LogP contribution in [0.1, 0.15) is 19.4 Å². The molecule has 6 rings (SSSR count). The molecular weight excluding hydrogens is 488 g/mol. The van der Waals surface area contributed by atoms with Crippen molar-refractivity contribution in [3.8, 4) is 11.3 Å². The van der Waals surface area contributed by atoms with Gasteiger partial charge >= 0.3 is 5.69 Å². The molecule has 2 fully saturated rings. The lowest BCUT2D eigenvalue weighted by Crippen LogP contribution is -2.39. The molecule has 13 heteroatoms. The SMILES string of the molecule is [C-]#[N+]Cn1c(=O)c2c(ncn2[C@@H](C)C(=O)Nc2cccc(-c3cnc(N4CC5CC5C4)nc3)n2)n(C)c1=O. The van der Waals surface area contributed by atoms with Gasteiger partial charge in [0.1, 0.15) is 11.9 Å². The Hall–Kier alpha value is -4.86. The average molecular weight is 513 g/mol. The number of carbonyl (C=O) groups is 1. The topological polar surface area (TPSA) is 137 Å². The molecular formula is C25H24N10O3. The highest BCUT2D eigenvalue weighted by Gasteiger charge is 2.45. The molecule has 13 nitrogen and oxygen atoms in total. The van der Waals surface area contributed by atoms with E-state index >= 15 is 0 Å². The van der Waals surface area contributed by atoms with Crippen LogP contribution in [0.5, 0.6) is 0 Å². The van der Waals surface area contributed by atoms with E-state index in [9.17, 15) is 14.4 Å². The van der Waals surface area contributed by atoms with E-state index in [2.05, 4.69) is 35.0 Å². The predicted octanol–water partition coefficient (Wildman–Crippen LogP) is 1.28. The quantitative estimate of drug-likeness (QED) is 0.382. The summed E-state index contributed by atoms with van der Waals surface area (Å²) in [6, 6.07) is 4.40. The molecule has 5 heterocycles. The van der Waals surface area contributed by atoms with E-state index in [1.165, 1.54) is 28.9 Å². The molecule has 1 saturated carbocycles. The zero-order valence-corrected chi connectivity index (χ0v) is 20.8. The van der Waals surface area contributed by atoms with Gasteiger partial charge in [-0.15, -0.1) is 0 Å². The third-order valence-corrected chi connectivity index (χ3v) is 7.26. The molecule has 3 atom stereocenters. The van der Waals surface area contributed by atoms with Crippen molar-refractivity contribution in [2.24, 2.45) is 18.9 Å². The first-order valence-electron chi connectivity index (χ1n) is 12.2. The summed E-state index contributed by atoms with van der Waals surface area (Å²) in [5.74, 6) is 2.19. The van der Waals surface area contributed by atoms with Gasteiger partial charge in [-0.25, -0.2) is 31.3 Å². The first kappa shape index (κ1) is 23.5. The van der Waals surface area contributed by atoms with Crippen LogP contribution in [0.3, 0.4) is 0 Å². The first-order valence-corrected chi connectivity index (χ1v) is 12.2. The molecule has 38 heavy (non-hydrogen) atoms. The monoisotopic (exact) mass is 512 g/mol. The van der Waals surface area contributed by atoms with Gasteiger partial charge in [0.2, 0.25) is 11.9 Å². The van der Waals surface area contributed by atoms with Gasteiger partial charge in [-0.1, -0.05) is 6.07 Å². The number of carbonyl (C=O) groups excluding carboxylic acids is 1. The molecule has 192 valence electrons. The predicted molar refractivity (Wildman–Crippen MR) is 138 cm³/mol. The molecule has 4 aromatic rings. The minimum absolute atomic E-state index is 0.0626. The van der Waals surface area contributed by atoms with Gasteiger partial charge in [0.25, 0.3) is 12.2 Å². The third kappa shape index (κ3) is 3.90. The van der Waals surface area contributed by atoms with Crippen molar-refractivity contribution in [1.82, 2.24) is 33.6 Å². The average Bonchev–Trinajstić information content (AvgIpc) is 3.32. The first-order chi connectivity index (χ1) is 18.4. The summed E-state index contributed by atoms with van der Waals surface area (Å²) in [7, 11) is 1.46. The van der Waals surface area contributed by atoms with Crippen molar-refractivity contribution in [3.05, 3.63) is 69.2 Å². The molecule has 0 bridgehead atoms. The smallest absolute Gasteiger partial charge is 0.338 e. The molecule has 1 N–H and O–H groups in total. The fourth-order valence-corrected chi connectivity index (χ4v) is 4.98. The summed E-state index contributed by atoms with van der Waals surface area (Å²) in [6.07, 6.45) is 6.12. The number of pyridine rings is 1. The second-order valence-corrected chi connectivity index (χ2v) is 9.70. The molecule has 1 aliphatic heterocycles. The maximum absolute atomic E-state index is 13.1. The van der Waals surface area contributed by atoms with Crippen molar-refractivity contribution >= 4 is 28.8 Å². The highest BCUT2D eigenvalue weighted by molar-refractivity contribution is 5.93. The molecule has 0 spiro atoms. The maximum Gasteiger partial charge on any atom is 0.338 e. The third-order valence-electron chi connectivity index (χ3n) is 7.26. The number of aryl methyl sites for hydroxylation is 1. The number of hydrogen-bond donors (Lipinski definition) is 1. The highest BCUT2D eigenvalue weighted by atomic mass is 16.2. The fraction of sp³-hybridized carbons (Fsp3) is 0.360. The second kappa shape index (κ2) is 8.91. The minimum Gasteiger partial charge on any atom is -0.340 e. The number of hydrogen-bond acceptors (Lipinski definition) is 8. The number of nitrogens with one attached hydrogen (secondary N) is 1. The van der Waals surface area contributed by atoms with Crippen LogP contribution in [-0.4, -0.2) is 52.6 Å². The van der Waals surface area contributed by atoms with E-state index in [0.717, 1.165) is 41.0 Å². The van der Waals surface area contributed by atoms with Gasteiger partial charge in [-0.2, -0.15) is 4.57 Å². The Kier molecular flexibility index (Phi) is 5.52. The molecule has 0 aromatic carbocycles. The highest BCUT2D eigenvalue weighted by Crippen LogP contribution is 2.45. The van der Waals surface area contributed by atoms with Gasteiger partial charge in [0.15, 0.2) is 11.2 Å². The number of nitrogens with zero attached hydrogens (tertiary/aromatic N) is 9. The Morgan fingerprint density at radius 3 is 2.63 bits per heavy atom. The number of aromatic nitrogens is 7. The summed E-state index contributed by atoms with van der Waals surface area (Å²) in [5, 5.41) is 2.78. The van der Waals surface area contributed by atoms with Crippen LogP contribution in [0, 0.1) is 18.4 Å². The second-order valence-electron chi connectivity index (χ2n) is 9.70. The Balaban J connectivity index is 1.23. The lowest BCUT2D eigenvalue weighted by Gasteiger charge is -2.17. The van der Waals surface area contributed by atoms with Gasteiger partial charge in [-0.3, -0.25) is 19.0 Å². The lowest BCUT2D eigenvalue weighted by atomic mass is 10.2. The van der Waals surface area contributed by atoms with Crippen LogP contribution in [-0.2, 0) is 18.5 Å². The molecule has 2 aliphatic rings. The molecule has 1 amide bonds. The Morgan fingerprint density at radius 1 is 1.18 bits per heavy atom. The number of anilines is 2. The van der Waals surface area contributed by atoms with Crippen molar-refractivity contribution < 1.29 is 4.79 Å². The van der Waals surface area contributed by atoms with Crippen molar-refractivity contribution in [2.75, 3.05) is 23.3 Å². The summed E-state index contributed by atoms with van der Waals surface area (Å²) >= 11 is 0. The minimum atomic E-state index is -0.855. The van der Waals surface area contributed by atoms with Crippen molar-refractivity contribution in [3.63, 3.8) is 0 Å². The van der Waals surface area contributed by atoms with E-state index in [4.69, 9.17) is 6.57 Å². The van der Waals surface area contributed by atoms with E-state index in [-0.39, 0.29) is 11.2 Å². The van der Waals surface area contributed by atoms with Gasteiger partial charge in [0, 0.05) is 38.1 Å². The van der Waals surface area contributed by atoms with Crippen LogP contribution in [0.2, 0.25) is 0 Å². The van der Waals surface area contributed by atoms with E-state index in [1.807, 2.05) is 6.07 Å². The van der Waals surface area contributed by atoms with Crippen LogP contribution in [0.15, 0.2) is 46.5 Å². The van der Waals surface area contributed by atoms with Crippen LogP contribution >= 0.6 is 0 Å². The lowest BCUT2D eigenvalue weighted by molar-refractivity contribution is -0.118. The summed E-state index contributed by atoms with van der Waals surface area (Å²) in [5.41, 5.74) is 0.213. The van der Waals surface area contributed by atoms with E-state index in [0.29, 0.717) is 11.5 Å². The number of piperidine rings is 1. The zero-order chi connectivity index (χ0) is 26.6. The Morgan fingerprint density at radius 2 is 1.92 bits per heavy atom. The number of amides is 1. The van der Waals surface area contributed by atoms with Crippen LogP contribution in [0.4, 0.5) is 11.8 Å². The Labute approximate surface area is 216 Å². The summed E-state index contributed by atoms with van der Waals surface area (Å²) < 4.78 is 3.41. The van der Waals surface area contributed by atoms with E-state index < -0.39 is 29.9 Å². The number of fused-ring (bicyclic) bond motifs is 2. The van der Waals surface area contributed by atoms with Gasteiger partial charge in [0.05, 0.1) is 12.0 Å².